The molecule has 1 aromatic rings. The summed E-state index contributed by atoms with van der Waals surface area (Å²) in [5.74, 6) is -0.908. The molecule has 9 heteroatoms. The van der Waals surface area contributed by atoms with Gasteiger partial charge in [-0.25, -0.2) is 8.42 Å². The lowest BCUT2D eigenvalue weighted by Crippen LogP contribution is -2.45. The highest BCUT2D eigenvalue weighted by molar-refractivity contribution is 7.91. The van der Waals surface area contributed by atoms with E-state index in [-0.39, 0.29) is 41.7 Å². The maximum atomic E-state index is 12.6. The van der Waals surface area contributed by atoms with Crippen LogP contribution in [-0.4, -0.2) is 61.8 Å². The van der Waals surface area contributed by atoms with Gasteiger partial charge in [-0.2, -0.15) is 0 Å². The number of amides is 2. The first kappa shape index (κ1) is 22.9. The van der Waals surface area contributed by atoms with Gasteiger partial charge in [0.1, 0.15) is 0 Å². The van der Waals surface area contributed by atoms with Gasteiger partial charge in [-0.15, -0.1) is 0 Å². The molecule has 160 valence electrons. The fraction of sp³-hybridized carbons (Fsp3) is 0.550. The first-order valence-electron chi connectivity index (χ1n) is 9.58. The summed E-state index contributed by atoms with van der Waals surface area (Å²) in [7, 11) is -3.12. The van der Waals surface area contributed by atoms with Crippen molar-refractivity contribution in [2.45, 2.75) is 39.7 Å². The molecule has 2 amide bonds. The molecule has 0 bridgehead atoms. The molecule has 0 aromatic heterocycles. The van der Waals surface area contributed by atoms with E-state index in [2.05, 4.69) is 5.32 Å². The van der Waals surface area contributed by atoms with Crippen molar-refractivity contribution < 1.29 is 27.5 Å². The van der Waals surface area contributed by atoms with Crippen molar-refractivity contribution in [1.82, 2.24) is 4.90 Å². The average molecular weight is 425 g/mol. The Morgan fingerprint density at radius 1 is 1.21 bits per heavy atom. The smallest absolute Gasteiger partial charge is 0.310 e. The van der Waals surface area contributed by atoms with E-state index in [0.717, 1.165) is 0 Å². The van der Waals surface area contributed by atoms with Crippen molar-refractivity contribution in [2.24, 2.45) is 5.92 Å². The van der Waals surface area contributed by atoms with Gasteiger partial charge in [0.25, 0.3) is 5.91 Å². The second-order valence-corrected chi connectivity index (χ2v) is 9.94. The highest BCUT2D eigenvalue weighted by Crippen LogP contribution is 2.19. The minimum Gasteiger partial charge on any atom is -0.455 e. The van der Waals surface area contributed by atoms with Gasteiger partial charge in [-0.3, -0.25) is 14.4 Å². The van der Waals surface area contributed by atoms with Crippen molar-refractivity contribution >= 4 is 33.3 Å². The Kier molecular flexibility index (Phi) is 7.78. The van der Waals surface area contributed by atoms with Crippen molar-refractivity contribution in [3.63, 3.8) is 0 Å². The number of benzene rings is 1. The van der Waals surface area contributed by atoms with Gasteiger partial charge >= 0.3 is 5.97 Å². The summed E-state index contributed by atoms with van der Waals surface area (Å²) in [6.07, 6.45) is 0.408. The first-order valence-corrected chi connectivity index (χ1v) is 11.4. The van der Waals surface area contributed by atoms with Gasteiger partial charge in [0, 0.05) is 25.2 Å². The van der Waals surface area contributed by atoms with Gasteiger partial charge < -0.3 is 15.0 Å². The zero-order valence-corrected chi connectivity index (χ0v) is 17.8. The highest BCUT2D eigenvalue weighted by atomic mass is 32.2. The van der Waals surface area contributed by atoms with Gasteiger partial charge in [-0.1, -0.05) is 26.0 Å². The molecule has 0 unspecified atom stereocenters. The van der Waals surface area contributed by atoms with E-state index >= 15 is 0 Å². The third-order valence-electron chi connectivity index (χ3n) is 4.51. The van der Waals surface area contributed by atoms with Crippen LogP contribution in [0.3, 0.4) is 0 Å². The van der Waals surface area contributed by atoms with Gasteiger partial charge in [0.05, 0.1) is 17.9 Å². The molecule has 1 heterocycles. The predicted molar refractivity (Wildman–Crippen MR) is 109 cm³/mol. The molecule has 0 aliphatic carbocycles. The van der Waals surface area contributed by atoms with Crippen LogP contribution < -0.4 is 5.32 Å². The third kappa shape index (κ3) is 7.49. The van der Waals surface area contributed by atoms with Crippen LogP contribution in [-0.2, 0) is 35.4 Å². The van der Waals surface area contributed by atoms with E-state index in [9.17, 15) is 22.8 Å². The summed E-state index contributed by atoms with van der Waals surface area (Å²) in [5.41, 5.74) is 1.32. The van der Waals surface area contributed by atoms with E-state index in [1.165, 1.54) is 11.8 Å². The van der Waals surface area contributed by atoms with Crippen LogP contribution in [0.2, 0.25) is 0 Å². The normalized spacial score (nSPS) is 17.7. The second-order valence-electron chi connectivity index (χ2n) is 7.71. The molecule has 1 N–H and O–H groups in total. The van der Waals surface area contributed by atoms with E-state index in [1.807, 2.05) is 13.8 Å². The highest BCUT2D eigenvalue weighted by Gasteiger charge is 2.35. The van der Waals surface area contributed by atoms with Crippen LogP contribution in [0.15, 0.2) is 24.3 Å². The maximum Gasteiger partial charge on any atom is 0.310 e. The molecule has 1 aromatic carbocycles. The summed E-state index contributed by atoms with van der Waals surface area (Å²) in [6.45, 7) is 5.31. The number of carbonyl (C=O) groups is 3. The molecule has 29 heavy (non-hydrogen) atoms. The quantitative estimate of drug-likeness (QED) is 0.632. The minimum absolute atomic E-state index is 0.00435. The molecular weight excluding hydrogens is 396 g/mol. The molecular formula is C20H28N2O6S. The van der Waals surface area contributed by atoms with E-state index in [1.54, 1.807) is 24.3 Å². The van der Waals surface area contributed by atoms with E-state index in [4.69, 9.17) is 4.74 Å². The van der Waals surface area contributed by atoms with Gasteiger partial charge in [-0.05, 0) is 30.0 Å². The Bertz CT molecular complexity index is 848. The van der Waals surface area contributed by atoms with Gasteiger partial charge in [0.2, 0.25) is 5.91 Å². The summed E-state index contributed by atoms with van der Waals surface area (Å²) < 4.78 is 28.6. The van der Waals surface area contributed by atoms with Crippen molar-refractivity contribution in [1.29, 1.82) is 0 Å². The number of rotatable bonds is 8. The number of nitrogens with one attached hydrogen (secondary N) is 1. The molecule has 1 aliphatic rings. The number of hydrogen-bond acceptors (Lipinski definition) is 6. The molecule has 0 radical (unpaired) electrons. The fourth-order valence-corrected chi connectivity index (χ4v) is 4.95. The standard InChI is InChI=1S/C20H28N2O6S/c1-14(2)11-22(18-8-9-29(26,27)13-18)19(24)12-28-20(25)10-16-4-6-17(7-5-16)21-15(3)23/h4-7,14,18H,8-13H2,1-3H3,(H,21,23)/t18-/m1/s1. The summed E-state index contributed by atoms with van der Waals surface area (Å²) in [5, 5.41) is 2.64. The molecule has 1 atom stereocenters. The van der Waals surface area contributed by atoms with Crippen molar-refractivity contribution in [3.05, 3.63) is 29.8 Å². The van der Waals surface area contributed by atoms with Crippen LogP contribution in [0.4, 0.5) is 5.69 Å². The van der Waals surface area contributed by atoms with Crippen molar-refractivity contribution in [3.8, 4) is 0 Å². The van der Waals surface area contributed by atoms with E-state index in [0.29, 0.717) is 24.2 Å². The molecule has 2 rings (SSSR count). The van der Waals surface area contributed by atoms with E-state index < -0.39 is 22.4 Å². The zero-order chi connectivity index (χ0) is 21.6. The third-order valence-corrected chi connectivity index (χ3v) is 6.26. The number of anilines is 1. The second kappa shape index (κ2) is 9.87. The summed E-state index contributed by atoms with van der Waals surface area (Å²) in [4.78, 5) is 37.2. The Labute approximate surface area is 171 Å². The lowest BCUT2D eigenvalue weighted by Gasteiger charge is -2.29. The molecule has 1 saturated heterocycles. The fourth-order valence-electron chi connectivity index (χ4n) is 3.22. The molecule has 1 fully saturated rings. The number of sulfone groups is 1. The van der Waals surface area contributed by atoms with Crippen LogP contribution in [0.25, 0.3) is 0 Å². The Morgan fingerprint density at radius 2 is 1.86 bits per heavy atom. The van der Waals surface area contributed by atoms with Crippen molar-refractivity contribution in [2.75, 3.05) is 30.0 Å². The number of esters is 1. The molecule has 0 spiro atoms. The van der Waals surface area contributed by atoms with Crippen LogP contribution in [0, 0.1) is 5.92 Å². The monoisotopic (exact) mass is 424 g/mol. The number of carbonyl (C=O) groups excluding carboxylic acids is 3. The average Bonchev–Trinajstić information content (AvgIpc) is 2.98. The van der Waals surface area contributed by atoms with Crippen LogP contribution in [0.5, 0.6) is 0 Å². The van der Waals surface area contributed by atoms with Crippen LogP contribution >= 0.6 is 0 Å². The SMILES string of the molecule is CC(=O)Nc1ccc(CC(=O)OCC(=O)N(CC(C)C)[C@@H]2CCS(=O)(=O)C2)cc1. The van der Waals surface area contributed by atoms with Crippen LogP contribution in [0.1, 0.15) is 32.8 Å². The number of ether oxygens (including phenoxy) is 1. The lowest BCUT2D eigenvalue weighted by molar-refractivity contribution is -0.152. The minimum atomic E-state index is -3.12. The van der Waals surface area contributed by atoms with Gasteiger partial charge in [0.15, 0.2) is 16.4 Å². The Hall–Kier alpha value is -2.42. The molecule has 1 aliphatic heterocycles. The summed E-state index contributed by atoms with van der Waals surface area (Å²) >= 11 is 0. The topological polar surface area (TPSA) is 110 Å². The predicted octanol–water partition coefficient (Wildman–Crippen LogP) is 1.40. The Balaban J connectivity index is 1.89. The maximum absolute atomic E-state index is 12.6. The first-order chi connectivity index (χ1) is 13.6. The zero-order valence-electron chi connectivity index (χ0n) is 17.0. The largest absolute Gasteiger partial charge is 0.455 e. The number of hydrogen-bond donors (Lipinski definition) is 1. The molecule has 0 saturated carbocycles. The summed E-state index contributed by atoms with van der Waals surface area (Å²) in [6, 6.07) is 6.39. The molecule has 8 nitrogen and oxygen atoms in total. The lowest BCUT2D eigenvalue weighted by atomic mass is 10.1. The Morgan fingerprint density at radius 3 is 2.38 bits per heavy atom. The number of nitrogens with zero attached hydrogens (tertiary/aromatic N) is 1.